The van der Waals surface area contributed by atoms with Crippen molar-refractivity contribution in [1.82, 2.24) is 19.8 Å². The summed E-state index contributed by atoms with van der Waals surface area (Å²) >= 11 is 3.50. The summed E-state index contributed by atoms with van der Waals surface area (Å²) in [7, 11) is 5.89. The summed E-state index contributed by atoms with van der Waals surface area (Å²) in [6, 6.07) is 8.10. The Morgan fingerprint density at radius 2 is 2.22 bits per heavy atom. The number of aromatic nitrogens is 2. The quantitative estimate of drug-likeness (QED) is 0.397. The number of halogens is 2. The van der Waals surface area contributed by atoms with Crippen LogP contribution in [0.4, 0.5) is 0 Å². The van der Waals surface area contributed by atoms with Crippen molar-refractivity contribution in [2.45, 2.75) is 13.0 Å². The van der Waals surface area contributed by atoms with Gasteiger partial charge < -0.3 is 14.8 Å². The monoisotopic (exact) mass is 491 g/mol. The highest BCUT2D eigenvalue weighted by molar-refractivity contribution is 14.0. The van der Waals surface area contributed by atoms with Crippen LogP contribution < -0.4 is 5.32 Å². The number of guanidine groups is 1. The van der Waals surface area contributed by atoms with Crippen molar-refractivity contribution < 1.29 is 0 Å². The van der Waals surface area contributed by atoms with Crippen LogP contribution in [0.2, 0.25) is 0 Å². The van der Waals surface area contributed by atoms with Crippen molar-refractivity contribution in [2.24, 2.45) is 12.0 Å². The number of aliphatic imine (C=N–C) groups is 1. The fourth-order valence-corrected chi connectivity index (χ4v) is 2.85. The van der Waals surface area contributed by atoms with Gasteiger partial charge in [-0.3, -0.25) is 9.98 Å². The Morgan fingerprint density at radius 3 is 2.78 bits per heavy atom. The zero-order chi connectivity index (χ0) is 15.9. The first kappa shape index (κ1) is 20.0. The number of nitrogens with one attached hydrogen (secondary N) is 1. The molecule has 0 spiro atoms. The smallest absolute Gasteiger partial charge is 0.193 e. The van der Waals surface area contributed by atoms with Crippen molar-refractivity contribution in [3.63, 3.8) is 0 Å². The molecule has 0 aliphatic carbocycles. The maximum absolute atomic E-state index is 4.34. The van der Waals surface area contributed by atoms with Gasteiger partial charge in [-0.05, 0) is 34.1 Å². The third kappa shape index (κ3) is 6.14. The van der Waals surface area contributed by atoms with Gasteiger partial charge in [-0.15, -0.1) is 24.0 Å². The largest absolute Gasteiger partial charge is 0.356 e. The van der Waals surface area contributed by atoms with Crippen LogP contribution in [0.3, 0.4) is 0 Å². The number of pyridine rings is 1. The highest BCUT2D eigenvalue weighted by atomic mass is 127. The number of rotatable bonds is 5. The van der Waals surface area contributed by atoms with Gasteiger partial charge in [0.2, 0.25) is 0 Å². The minimum absolute atomic E-state index is 0. The van der Waals surface area contributed by atoms with E-state index in [1.807, 2.05) is 38.5 Å². The Morgan fingerprint density at radius 1 is 1.43 bits per heavy atom. The molecule has 0 saturated carbocycles. The molecule has 0 atom stereocenters. The molecule has 0 radical (unpaired) electrons. The third-order valence-corrected chi connectivity index (χ3v) is 3.87. The fourth-order valence-electron chi connectivity index (χ4n) is 2.27. The van der Waals surface area contributed by atoms with E-state index in [1.54, 1.807) is 7.05 Å². The molecular formula is C16H23BrIN5. The van der Waals surface area contributed by atoms with Crippen molar-refractivity contribution in [2.75, 3.05) is 20.6 Å². The van der Waals surface area contributed by atoms with E-state index in [2.05, 4.69) is 53.0 Å². The summed E-state index contributed by atoms with van der Waals surface area (Å²) in [5.41, 5.74) is 2.31. The second-order valence-electron chi connectivity index (χ2n) is 5.16. The van der Waals surface area contributed by atoms with Gasteiger partial charge in [0.05, 0.1) is 6.54 Å². The topological polar surface area (TPSA) is 45.5 Å². The van der Waals surface area contributed by atoms with Crippen molar-refractivity contribution >= 4 is 45.9 Å². The van der Waals surface area contributed by atoms with E-state index in [4.69, 9.17) is 0 Å². The van der Waals surface area contributed by atoms with Crippen LogP contribution >= 0.6 is 39.9 Å². The van der Waals surface area contributed by atoms with E-state index >= 15 is 0 Å². The SMILES string of the molecule is CN=C(NCCc1ccccn1)N(C)Cc1cc(Br)cn1C.I. The molecule has 2 rings (SSSR count). The maximum atomic E-state index is 4.34. The molecule has 0 fully saturated rings. The summed E-state index contributed by atoms with van der Waals surface area (Å²) in [6.07, 6.45) is 4.76. The molecule has 0 unspecified atom stereocenters. The first-order valence-electron chi connectivity index (χ1n) is 7.22. The number of nitrogens with zero attached hydrogens (tertiary/aromatic N) is 4. The molecular weight excluding hydrogens is 469 g/mol. The lowest BCUT2D eigenvalue weighted by molar-refractivity contribution is 0.462. The Bertz CT molecular complexity index is 627. The van der Waals surface area contributed by atoms with Gasteiger partial charge in [0.25, 0.3) is 0 Å². The van der Waals surface area contributed by atoms with Crippen LogP contribution in [0.5, 0.6) is 0 Å². The number of aryl methyl sites for hydroxylation is 1. The predicted octanol–water partition coefficient (Wildman–Crippen LogP) is 3.05. The second kappa shape index (κ2) is 9.92. The zero-order valence-corrected chi connectivity index (χ0v) is 17.6. The molecule has 2 heterocycles. The molecule has 5 nitrogen and oxygen atoms in total. The molecule has 7 heteroatoms. The summed E-state index contributed by atoms with van der Waals surface area (Å²) in [4.78, 5) is 10.8. The highest BCUT2D eigenvalue weighted by Gasteiger charge is 2.09. The molecule has 0 amide bonds. The molecule has 0 aliphatic heterocycles. The van der Waals surface area contributed by atoms with Crippen LogP contribution in [0.1, 0.15) is 11.4 Å². The van der Waals surface area contributed by atoms with Crippen LogP contribution in [0.25, 0.3) is 0 Å². The average Bonchev–Trinajstić information content (AvgIpc) is 2.82. The van der Waals surface area contributed by atoms with E-state index in [-0.39, 0.29) is 24.0 Å². The second-order valence-corrected chi connectivity index (χ2v) is 6.08. The van der Waals surface area contributed by atoms with Gasteiger partial charge in [0, 0.05) is 62.4 Å². The molecule has 0 aromatic carbocycles. The lowest BCUT2D eigenvalue weighted by Crippen LogP contribution is -2.39. The van der Waals surface area contributed by atoms with E-state index in [0.717, 1.165) is 35.6 Å². The molecule has 0 saturated heterocycles. The first-order valence-corrected chi connectivity index (χ1v) is 8.02. The van der Waals surface area contributed by atoms with E-state index in [1.165, 1.54) is 5.69 Å². The molecule has 23 heavy (non-hydrogen) atoms. The minimum Gasteiger partial charge on any atom is -0.356 e. The Labute approximate surface area is 163 Å². The van der Waals surface area contributed by atoms with Gasteiger partial charge >= 0.3 is 0 Å². The summed E-state index contributed by atoms with van der Waals surface area (Å²) < 4.78 is 3.21. The molecule has 0 bridgehead atoms. The van der Waals surface area contributed by atoms with Gasteiger partial charge in [-0.25, -0.2) is 0 Å². The van der Waals surface area contributed by atoms with Crippen molar-refractivity contribution in [1.29, 1.82) is 0 Å². The average molecular weight is 492 g/mol. The first-order chi connectivity index (χ1) is 10.6. The molecule has 2 aromatic heterocycles. The highest BCUT2D eigenvalue weighted by Crippen LogP contribution is 2.14. The molecule has 126 valence electrons. The summed E-state index contributed by atoms with van der Waals surface area (Å²) in [5, 5.41) is 3.38. The molecule has 2 aromatic rings. The van der Waals surface area contributed by atoms with Crippen molar-refractivity contribution in [3.8, 4) is 0 Å². The normalized spacial score (nSPS) is 11.0. The van der Waals surface area contributed by atoms with Gasteiger partial charge in [0.1, 0.15) is 0 Å². The summed E-state index contributed by atoms with van der Waals surface area (Å²) in [6.45, 7) is 1.61. The van der Waals surface area contributed by atoms with Gasteiger partial charge in [0.15, 0.2) is 5.96 Å². The van der Waals surface area contributed by atoms with Crippen LogP contribution in [0.15, 0.2) is 46.1 Å². The summed E-state index contributed by atoms with van der Waals surface area (Å²) in [5.74, 6) is 0.883. The standard InChI is InChI=1S/C16H22BrN5.HI/c1-18-16(20-9-7-14-6-4-5-8-19-14)22(3)12-15-10-13(17)11-21(15)2;/h4-6,8,10-11H,7,9,12H2,1-3H3,(H,18,20);1H. The van der Waals surface area contributed by atoms with E-state index in [9.17, 15) is 0 Å². The van der Waals surface area contributed by atoms with Crippen LogP contribution in [0, 0.1) is 0 Å². The Hall–Kier alpha value is -1.09. The van der Waals surface area contributed by atoms with Crippen LogP contribution in [-0.4, -0.2) is 41.1 Å². The predicted molar refractivity (Wildman–Crippen MR) is 109 cm³/mol. The Kier molecular flexibility index (Phi) is 8.60. The maximum Gasteiger partial charge on any atom is 0.193 e. The zero-order valence-electron chi connectivity index (χ0n) is 13.7. The molecule has 0 aliphatic rings. The fraction of sp³-hybridized carbons (Fsp3) is 0.375. The lowest BCUT2D eigenvalue weighted by Gasteiger charge is -2.22. The molecule has 1 N–H and O–H groups in total. The van der Waals surface area contributed by atoms with E-state index in [0.29, 0.717) is 0 Å². The lowest BCUT2D eigenvalue weighted by atomic mass is 10.3. The van der Waals surface area contributed by atoms with Gasteiger partial charge in [-0.2, -0.15) is 0 Å². The van der Waals surface area contributed by atoms with E-state index < -0.39 is 0 Å². The van der Waals surface area contributed by atoms with Gasteiger partial charge in [-0.1, -0.05) is 6.07 Å². The number of hydrogen-bond acceptors (Lipinski definition) is 2. The minimum atomic E-state index is 0. The number of hydrogen-bond donors (Lipinski definition) is 1. The Balaban J connectivity index is 0.00000264. The van der Waals surface area contributed by atoms with Crippen LogP contribution in [-0.2, 0) is 20.0 Å². The van der Waals surface area contributed by atoms with Crippen molar-refractivity contribution in [3.05, 3.63) is 52.5 Å². The third-order valence-electron chi connectivity index (χ3n) is 3.44.